The molecule has 0 aromatic carbocycles. The van der Waals surface area contributed by atoms with E-state index >= 15 is 0 Å². The molecule has 0 radical (unpaired) electrons. The minimum absolute atomic E-state index is 0.469. The normalized spacial score (nSPS) is 12.6. The average Bonchev–Trinajstić information content (AvgIpc) is 2.16. The van der Waals surface area contributed by atoms with Gasteiger partial charge in [-0.2, -0.15) is 0 Å². The molecule has 1 rings (SSSR count). The molecule has 2 N–H and O–H groups in total. The van der Waals surface area contributed by atoms with E-state index in [0.29, 0.717) is 11.7 Å². The van der Waals surface area contributed by atoms with Crippen LogP contribution in [-0.4, -0.2) is 18.1 Å². The van der Waals surface area contributed by atoms with Gasteiger partial charge in [0, 0.05) is 19.3 Å². The molecule has 1 aromatic rings. The number of halogens is 1. The third kappa shape index (κ3) is 2.18. The zero-order chi connectivity index (χ0) is 10.7. The van der Waals surface area contributed by atoms with Crippen molar-refractivity contribution in [1.82, 2.24) is 4.98 Å². The summed E-state index contributed by atoms with van der Waals surface area (Å²) in [6.07, 6.45) is 4.54. The van der Waals surface area contributed by atoms with E-state index in [1.54, 1.807) is 12.4 Å². The first-order valence-corrected chi connectivity index (χ1v) is 5.49. The predicted molar refractivity (Wildman–Crippen MR) is 64.5 cm³/mol. The molecule has 1 unspecified atom stereocenters. The SMILES string of the molecule is CCC(C)N(C)c1c(N)cncc1Br. The van der Waals surface area contributed by atoms with Gasteiger partial charge < -0.3 is 10.6 Å². The highest BCUT2D eigenvalue weighted by atomic mass is 79.9. The van der Waals surface area contributed by atoms with Gasteiger partial charge in [-0.15, -0.1) is 0 Å². The third-order valence-electron chi connectivity index (χ3n) is 2.51. The van der Waals surface area contributed by atoms with E-state index in [-0.39, 0.29) is 0 Å². The zero-order valence-corrected chi connectivity index (χ0v) is 10.4. The quantitative estimate of drug-likeness (QED) is 0.906. The third-order valence-corrected chi connectivity index (χ3v) is 3.09. The highest BCUT2D eigenvalue weighted by Gasteiger charge is 2.13. The summed E-state index contributed by atoms with van der Waals surface area (Å²) in [4.78, 5) is 6.18. The van der Waals surface area contributed by atoms with Gasteiger partial charge in [-0.25, -0.2) is 0 Å². The van der Waals surface area contributed by atoms with Crippen LogP contribution in [0.3, 0.4) is 0 Å². The summed E-state index contributed by atoms with van der Waals surface area (Å²) in [7, 11) is 2.05. The van der Waals surface area contributed by atoms with Crippen molar-refractivity contribution in [3.63, 3.8) is 0 Å². The van der Waals surface area contributed by atoms with Crippen LogP contribution in [0.1, 0.15) is 20.3 Å². The van der Waals surface area contributed by atoms with Gasteiger partial charge in [-0.1, -0.05) is 6.92 Å². The van der Waals surface area contributed by atoms with Gasteiger partial charge in [0.15, 0.2) is 0 Å². The summed E-state index contributed by atoms with van der Waals surface area (Å²) in [6.45, 7) is 4.33. The van der Waals surface area contributed by atoms with Crippen LogP contribution in [0.5, 0.6) is 0 Å². The number of nitrogens with zero attached hydrogens (tertiary/aromatic N) is 2. The predicted octanol–water partition coefficient (Wildman–Crippen LogP) is 2.66. The van der Waals surface area contributed by atoms with Crippen LogP contribution in [0.25, 0.3) is 0 Å². The van der Waals surface area contributed by atoms with Crippen molar-refractivity contribution < 1.29 is 0 Å². The first-order chi connectivity index (χ1) is 6.57. The van der Waals surface area contributed by atoms with Crippen molar-refractivity contribution in [2.24, 2.45) is 0 Å². The van der Waals surface area contributed by atoms with E-state index in [4.69, 9.17) is 5.73 Å². The van der Waals surface area contributed by atoms with Gasteiger partial charge in [0.2, 0.25) is 0 Å². The van der Waals surface area contributed by atoms with Crippen LogP contribution in [-0.2, 0) is 0 Å². The van der Waals surface area contributed by atoms with Crippen molar-refractivity contribution in [3.05, 3.63) is 16.9 Å². The highest BCUT2D eigenvalue weighted by molar-refractivity contribution is 9.10. The molecule has 0 saturated heterocycles. The molecule has 0 spiro atoms. The summed E-state index contributed by atoms with van der Waals surface area (Å²) in [5, 5.41) is 0. The smallest absolute Gasteiger partial charge is 0.0775 e. The van der Waals surface area contributed by atoms with Crippen molar-refractivity contribution in [1.29, 1.82) is 0 Å². The lowest BCUT2D eigenvalue weighted by Crippen LogP contribution is -2.29. The monoisotopic (exact) mass is 257 g/mol. The molecular formula is C10H16BrN3. The number of nitrogens with two attached hydrogens (primary N) is 1. The Morgan fingerprint density at radius 3 is 2.71 bits per heavy atom. The molecule has 3 nitrogen and oxygen atoms in total. The van der Waals surface area contributed by atoms with Crippen LogP contribution < -0.4 is 10.6 Å². The molecule has 0 aliphatic carbocycles. The second-order valence-corrected chi connectivity index (χ2v) is 4.28. The lowest BCUT2D eigenvalue weighted by molar-refractivity contribution is 0.663. The number of rotatable bonds is 3. The number of anilines is 2. The number of pyridine rings is 1. The fourth-order valence-electron chi connectivity index (χ4n) is 1.31. The van der Waals surface area contributed by atoms with Gasteiger partial charge in [0.05, 0.1) is 22.0 Å². The molecule has 0 amide bonds. The topological polar surface area (TPSA) is 42.1 Å². The molecule has 0 aliphatic rings. The molecule has 1 atom stereocenters. The van der Waals surface area contributed by atoms with Crippen LogP contribution in [0.2, 0.25) is 0 Å². The summed E-state index contributed by atoms with van der Waals surface area (Å²) in [6, 6.07) is 0.469. The van der Waals surface area contributed by atoms with Crippen LogP contribution in [0.4, 0.5) is 11.4 Å². The standard InChI is InChI=1S/C10H16BrN3/c1-4-7(2)14(3)10-8(11)5-13-6-9(10)12/h5-7H,4,12H2,1-3H3. The maximum Gasteiger partial charge on any atom is 0.0775 e. The second-order valence-electron chi connectivity index (χ2n) is 3.43. The number of aromatic nitrogens is 1. The minimum atomic E-state index is 0.469. The van der Waals surface area contributed by atoms with Gasteiger partial charge in [-0.3, -0.25) is 4.98 Å². The first-order valence-electron chi connectivity index (χ1n) is 4.69. The summed E-state index contributed by atoms with van der Waals surface area (Å²) >= 11 is 3.46. The first kappa shape index (κ1) is 11.3. The lowest BCUT2D eigenvalue weighted by atomic mass is 10.2. The van der Waals surface area contributed by atoms with E-state index in [1.165, 1.54) is 0 Å². The van der Waals surface area contributed by atoms with Crippen LogP contribution in [0.15, 0.2) is 16.9 Å². The Morgan fingerprint density at radius 1 is 1.57 bits per heavy atom. The van der Waals surface area contributed by atoms with E-state index < -0.39 is 0 Å². The molecular weight excluding hydrogens is 242 g/mol. The van der Waals surface area contributed by atoms with Crippen molar-refractivity contribution >= 4 is 27.3 Å². The molecule has 0 saturated carbocycles. The number of nitrogen functional groups attached to an aromatic ring is 1. The molecule has 0 fully saturated rings. The Balaban J connectivity index is 3.05. The van der Waals surface area contributed by atoms with Crippen molar-refractivity contribution in [2.45, 2.75) is 26.3 Å². The summed E-state index contributed by atoms with van der Waals surface area (Å²) in [5.74, 6) is 0. The molecule has 78 valence electrons. The number of hydrogen-bond acceptors (Lipinski definition) is 3. The van der Waals surface area contributed by atoms with Gasteiger partial charge in [0.1, 0.15) is 0 Å². The van der Waals surface area contributed by atoms with E-state index in [9.17, 15) is 0 Å². The van der Waals surface area contributed by atoms with Crippen molar-refractivity contribution in [2.75, 3.05) is 17.7 Å². The Bertz CT molecular complexity index is 294. The molecule has 1 heterocycles. The van der Waals surface area contributed by atoms with Gasteiger partial charge >= 0.3 is 0 Å². The second kappa shape index (κ2) is 4.64. The Morgan fingerprint density at radius 2 is 2.21 bits per heavy atom. The maximum absolute atomic E-state index is 5.88. The zero-order valence-electron chi connectivity index (χ0n) is 8.79. The molecule has 1 aromatic heterocycles. The van der Waals surface area contributed by atoms with E-state index in [0.717, 1.165) is 16.6 Å². The number of hydrogen-bond donors (Lipinski definition) is 1. The van der Waals surface area contributed by atoms with Gasteiger partial charge in [-0.05, 0) is 29.3 Å². The molecule has 4 heteroatoms. The Labute approximate surface area is 93.4 Å². The average molecular weight is 258 g/mol. The molecule has 0 aliphatic heterocycles. The Hall–Kier alpha value is -0.770. The summed E-state index contributed by atoms with van der Waals surface area (Å²) in [5.41, 5.74) is 7.61. The fourth-order valence-corrected chi connectivity index (χ4v) is 1.94. The Kier molecular flexibility index (Phi) is 3.75. The van der Waals surface area contributed by atoms with Crippen molar-refractivity contribution in [3.8, 4) is 0 Å². The lowest BCUT2D eigenvalue weighted by Gasteiger charge is -2.27. The fraction of sp³-hybridized carbons (Fsp3) is 0.500. The van der Waals surface area contributed by atoms with Crippen LogP contribution in [0, 0.1) is 0 Å². The van der Waals surface area contributed by atoms with E-state index in [2.05, 4.69) is 39.7 Å². The largest absolute Gasteiger partial charge is 0.396 e. The molecule has 0 bridgehead atoms. The summed E-state index contributed by atoms with van der Waals surface area (Å²) < 4.78 is 0.945. The van der Waals surface area contributed by atoms with Gasteiger partial charge in [0.25, 0.3) is 0 Å². The van der Waals surface area contributed by atoms with Crippen LogP contribution >= 0.6 is 15.9 Å². The maximum atomic E-state index is 5.88. The molecule has 14 heavy (non-hydrogen) atoms. The highest BCUT2D eigenvalue weighted by Crippen LogP contribution is 2.31. The van der Waals surface area contributed by atoms with E-state index in [1.807, 2.05) is 7.05 Å². The minimum Gasteiger partial charge on any atom is -0.396 e.